The molecule has 34 heavy (non-hydrogen) atoms. The molecule has 0 N–H and O–H groups in total. The molecule has 0 spiro atoms. The zero-order valence-electron chi connectivity index (χ0n) is 18.9. The normalized spacial score (nSPS) is 14.6. The molecule has 1 aromatic carbocycles. The standard InChI is InChI=1S/C23H25F3N6O2/c1-15(2)7-9-19-27-21(34-30-19)18-8-10-20(29-28-18)31-11-13-32(14-12-31)22(33)16-5-3-4-6-17(16)23(24,25)26/h3-6,8,10,15H,7,9,11-14H2,1-2H3. The number of hydrogen-bond acceptors (Lipinski definition) is 7. The summed E-state index contributed by atoms with van der Waals surface area (Å²) in [6, 6.07) is 8.37. The first kappa shape index (κ1) is 23.7. The fraction of sp³-hybridized carbons (Fsp3) is 0.435. The maximum atomic E-state index is 13.3. The fourth-order valence-electron chi connectivity index (χ4n) is 3.71. The molecule has 3 heterocycles. The van der Waals surface area contributed by atoms with Crippen LogP contribution in [-0.4, -0.2) is 57.3 Å². The summed E-state index contributed by atoms with van der Waals surface area (Å²) in [4.78, 5) is 20.5. The van der Waals surface area contributed by atoms with Crippen LogP contribution in [-0.2, 0) is 12.6 Å². The smallest absolute Gasteiger partial charge is 0.352 e. The third-order valence-electron chi connectivity index (χ3n) is 5.64. The van der Waals surface area contributed by atoms with Gasteiger partial charge in [0, 0.05) is 32.6 Å². The van der Waals surface area contributed by atoms with Crippen LogP contribution in [0.15, 0.2) is 40.9 Å². The highest BCUT2D eigenvalue weighted by molar-refractivity contribution is 5.96. The molecular weight excluding hydrogens is 449 g/mol. The van der Waals surface area contributed by atoms with Crippen molar-refractivity contribution in [2.24, 2.45) is 5.92 Å². The highest BCUT2D eigenvalue weighted by Gasteiger charge is 2.36. The third kappa shape index (κ3) is 5.35. The average Bonchev–Trinajstić information content (AvgIpc) is 3.31. The third-order valence-corrected chi connectivity index (χ3v) is 5.64. The lowest BCUT2D eigenvalue weighted by molar-refractivity contribution is -0.138. The zero-order valence-corrected chi connectivity index (χ0v) is 18.9. The Morgan fingerprint density at radius 2 is 1.79 bits per heavy atom. The first-order chi connectivity index (χ1) is 16.2. The number of alkyl halides is 3. The minimum Gasteiger partial charge on any atom is -0.352 e. The van der Waals surface area contributed by atoms with Crippen LogP contribution in [0.1, 0.15) is 42.0 Å². The molecule has 0 unspecified atom stereocenters. The molecular formula is C23H25F3N6O2. The Morgan fingerprint density at radius 3 is 2.44 bits per heavy atom. The maximum absolute atomic E-state index is 13.3. The van der Waals surface area contributed by atoms with Gasteiger partial charge in [0.15, 0.2) is 17.3 Å². The highest BCUT2D eigenvalue weighted by Crippen LogP contribution is 2.32. The number of halogens is 3. The van der Waals surface area contributed by atoms with Crippen LogP contribution < -0.4 is 4.90 Å². The molecule has 8 nitrogen and oxygen atoms in total. The molecule has 180 valence electrons. The van der Waals surface area contributed by atoms with Gasteiger partial charge in [-0.2, -0.15) is 18.2 Å². The summed E-state index contributed by atoms with van der Waals surface area (Å²) in [7, 11) is 0. The Balaban J connectivity index is 1.37. The largest absolute Gasteiger partial charge is 0.417 e. The SMILES string of the molecule is CC(C)CCc1noc(-c2ccc(N3CCN(C(=O)c4ccccc4C(F)(F)F)CC3)nn2)n1. The van der Waals surface area contributed by atoms with Crippen molar-refractivity contribution >= 4 is 11.7 Å². The van der Waals surface area contributed by atoms with E-state index in [9.17, 15) is 18.0 Å². The number of aryl methyl sites for hydroxylation is 1. The molecule has 2 aromatic heterocycles. The van der Waals surface area contributed by atoms with Crippen LogP contribution in [0.25, 0.3) is 11.6 Å². The lowest BCUT2D eigenvalue weighted by atomic mass is 10.1. The van der Waals surface area contributed by atoms with E-state index < -0.39 is 17.6 Å². The Hall–Kier alpha value is -3.50. The Labute approximate surface area is 194 Å². The molecule has 1 aliphatic heterocycles. The van der Waals surface area contributed by atoms with E-state index >= 15 is 0 Å². The van der Waals surface area contributed by atoms with Gasteiger partial charge in [0.25, 0.3) is 11.8 Å². The number of nitrogens with zero attached hydrogens (tertiary/aromatic N) is 6. The second-order valence-corrected chi connectivity index (χ2v) is 8.55. The molecule has 1 saturated heterocycles. The van der Waals surface area contributed by atoms with Gasteiger partial charge in [-0.25, -0.2) is 0 Å². The van der Waals surface area contributed by atoms with Crippen molar-refractivity contribution in [2.75, 3.05) is 31.1 Å². The van der Waals surface area contributed by atoms with Gasteiger partial charge < -0.3 is 14.3 Å². The average molecular weight is 474 g/mol. The summed E-state index contributed by atoms with van der Waals surface area (Å²) in [6.45, 7) is 5.65. The number of carbonyl (C=O) groups is 1. The van der Waals surface area contributed by atoms with Crippen molar-refractivity contribution in [3.8, 4) is 11.6 Å². The molecule has 0 atom stereocenters. The summed E-state index contributed by atoms with van der Waals surface area (Å²) in [5.74, 6) is 1.44. The highest BCUT2D eigenvalue weighted by atomic mass is 19.4. The van der Waals surface area contributed by atoms with Crippen LogP contribution in [0, 0.1) is 5.92 Å². The summed E-state index contributed by atoms with van der Waals surface area (Å²) < 4.78 is 45.1. The Morgan fingerprint density at radius 1 is 1.06 bits per heavy atom. The van der Waals surface area contributed by atoms with E-state index in [2.05, 4.69) is 34.2 Å². The monoisotopic (exact) mass is 474 g/mol. The van der Waals surface area contributed by atoms with Crippen LogP contribution in [0.5, 0.6) is 0 Å². The first-order valence-electron chi connectivity index (χ1n) is 11.1. The second-order valence-electron chi connectivity index (χ2n) is 8.55. The van der Waals surface area contributed by atoms with Crippen LogP contribution in [0.2, 0.25) is 0 Å². The number of rotatable bonds is 6. The maximum Gasteiger partial charge on any atom is 0.417 e. The molecule has 1 amide bonds. The van der Waals surface area contributed by atoms with Gasteiger partial charge in [0.05, 0.1) is 11.1 Å². The summed E-state index contributed by atoms with van der Waals surface area (Å²) >= 11 is 0. The van der Waals surface area contributed by atoms with Crippen molar-refractivity contribution in [3.63, 3.8) is 0 Å². The lowest BCUT2D eigenvalue weighted by Gasteiger charge is -2.35. The molecule has 0 radical (unpaired) electrons. The Kier molecular flexibility index (Phi) is 6.80. The van der Waals surface area contributed by atoms with Crippen LogP contribution in [0.3, 0.4) is 0 Å². The van der Waals surface area contributed by atoms with Gasteiger partial charge in [-0.15, -0.1) is 10.2 Å². The molecule has 0 bridgehead atoms. The molecule has 3 aromatic rings. The number of hydrogen-bond donors (Lipinski definition) is 0. The number of amides is 1. The van der Waals surface area contributed by atoms with Crippen molar-refractivity contribution in [1.29, 1.82) is 0 Å². The van der Waals surface area contributed by atoms with Gasteiger partial charge in [-0.05, 0) is 36.6 Å². The van der Waals surface area contributed by atoms with E-state index in [0.29, 0.717) is 42.2 Å². The predicted molar refractivity (Wildman–Crippen MR) is 118 cm³/mol. The van der Waals surface area contributed by atoms with Crippen LogP contribution in [0.4, 0.5) is 19.0 Å². The lowest BCUT2D eigenvalue weighted by Crippen LogP contribution is -2.49. The van der Waals surface area contributed by atoms with Gasteiger partial charge >= 0.3 is 6.18 Å². The van der Waals surface area contributed by atoms with Crippen molar-refractivity contribution < 1.29 is 22.5 Å². The first-order valence-corrected chi connectivity index (χ1v) is 11.1. The zero-order chi connectivity index (χ0) is 24.3. The van der Waals surface area contributed by atoms with Crippen molar-refractivity contribution in [2.45, 2.75) is 32.9 Å². The number of benzene rings is 1. The van der Waals surface area contributed by atoms with E-state index in [1.807, 2.05) is 4.90 Å². The minimum absolute atomic E-state index is 0.275. The topological polar surface area (TPSA) is 88.3 Å². The van der Waals surface area contributed by atoms with E-state index in [4.69, 9.17) is 4.52 Å². The van der Waals surface area contributed by atoms with Gasteiger partial charge in [-0.1, -0.05) is 31.1 Å². The number of aromatic nitrogens is 4. The van der Waals surface area contributed by atoms with E-state index in [-0.39, 0.29) is 18.7 Å². The predicted octanol–water partition coefficient (Wildman–Crippen LogP) is 4.10. The van der Waals surface area contributed by atoms with Gasteiger partial charge in [0.2, 0.25) is 0 Å². The summed E-state index contributed by atoms with van der Waals surface area (Å²) in [5.41, 5.74) is -0.790. The molecule has 0 aliphatic carbocycles. The number of carbonyl (C=O) groups excluding carboxylic acids is 1. The quantitative estimate of drug-likeness (QED) is 0.532. The molecule has 0 saturated carbocycles. The molecule has 4 rings (SSSR count). The van der Waals surface area contributed by atoms with Crippen molar-refractivity contribution in [1.82, 2.24) is 25.2 Å². The molecule has 1 fully saturated rings. The Bertz CT molecular complexity index is 1120. The van der Waals surface area contributed by atoms with Crippen LogP contribution >= 0.6 is 0 Å². The van der Waals surface area contributed by atoms with Crippen molar-refractivity contribution in [3.05, 3.63) is 53.3 Å². The van der Waals surface area contributed by atoms with E-state index in [1.54, 1.807) is 12.1 Å². The van der Waals surface area contributed by atoms with E-state index in [0.717, 1.165) is 18.9 Å². The molecule has 11 heteroatoms. The van der Waals surface area contributed by atoms with E-state index in [1.165, 1.54) is 23.1 Å². The minimum atomic E-state index is -4.58. The number of piperazine rings is 1. The second kappa shape index (κ2) is 9.78. The summed E-state index contributed by atoms with van der Waals surface area (Å²) in [6.07, 6.45) is -2.90. The summed E-state index contributed by atoms with van der Waals surface area (Å²) in [5, 5.41) is 12.4. The van der Waals surface area contributed by atoms with Gasteiger partial charge in [-0.3, -0.25) is 4.79 Å². The molecule has 1 aliphatic rings. The fourth-order valence-corrected chi connectivity index (χ4v) is 3.71. The van der Waals surface area contributed by atoms with Gasteiger partial charge in [0.1, 0.15) is 0 Å². The number of anilines is 1.